The van der Waals surface area contributed by atoms with Crippen LogP contribution in [-0.2, 0) is 11.3 Å². The summed E-state index contributed by atoms with van der Waals surface area (Å²) in [5.41, 5.74) is 1.08. The van der Waals surface area contributed by atoms with Crippen LogP contribution in [0.25, 0.3) is 0 Å². The predicted octanol–water partition coefficient (Wildman–Crippen LogP) is 1.11. The van der Waals surface area contributed by atoms with Crippen molar-refractivity contribution in [1.29, 1.82) is 0 Å². The molecule has 0 aliphatic heterocycles. The molecule has 1 amide bonds. The lowest BCUT2D eigenvalue weighted by Gasteiger charge is -2.24. The maximum absolute atomic E-state index is 12.4. The van der Waals surface area contributed by atoms with Crippen LogP contribution in [0, 0.1) is 0 Å². The molecule has 1 aliphatic rings. The summed E-state index contributed by atoms with van der Waals surface area (Å²) in [4.78, 5) is 20.6. The summed E-state index contributed by atoms with van der Waals surface area (Å²) in [7, 11) is 4.06. The van der Waals surface area contributed by atoms with Crippen molar-refractivity contribution in [2.24, 2.45) is 0 Å². The first-order chi connectivity index (χ1) is 10.1. The van der Waals surface area contributed by atoms with Crippen LogP contribution in [0.15, 0.2) is 24.5 Å². The van der Waals surface area contributed by atoms with Crippen LogP contribution in [0.2, 0.25) is 0 Å². The Hall–Kier alpha value is -1.46. The van der Waals surface area contributed by atoms with E-state index < -0.39 is 0 Å². The summed E-state index contributed by atoms with van der Waals surface area (Å²) in [6, 6.07) is 4.59. The topological polar surface area (TPSA) is 48.5 Å². The molecular formula is C16H26N4O. The number of nitrogens with one attached hydrogen (secondary N) is 1. The van der Waals surface area contributed by atoms with Crippen molar-refractivity contribution in [1.82, 2.24) is 20.1 Å². The van der Waals surface area contributed by atoms with Crippen LogP contribution in [0.4, 0.5) is 0 Å². The minimum Gasteiger partial charge on any atom is -0.337 e. The number of carbonyl (C=O) groups excluding carboxylic acids is 1. The number of nitrogens with zero attached hydrogens (tertiary/aromatic N) is 3. The number of likely N-dealkylation sites (N-methyl/N-ethyl adjacent to an activating group) is 1. The van der Waals surface area contributed by atoms with Crippen LogP contribution >= 0.6 is 0 Å². The predicted molar refractivity (Wildman–Crippen MR) is 83.8 cm³/mol. The van der Waals surface area contributed by atoms with Gasteiger partial charge in [-0.15, -0.1) is 0 Å². The maximum atomic E-state index is 12.4. The van der Waals surface area contributed by atoms with Crippen molar-refractivity contribution in [3.63, 3.8) is 0 Å². The molecule has 5 heteroatoms. The first-order valence-electron chi connectivity index (χ1n) is 7.70. The number of pyridine rings is 1. The maximum Gasteiger partial charge on any atom is 0.224 e. The molecule has 0 atom stereocenters. The van der Waals surface area contributed by atoms with E-state index in [9.17, 15) is 4.79 Å². The van der Waals surface area contributed by atoms with E-state index in [4.69, 9.17) is 0 Å². The third-order valence-electron chi connectivity index (χ3n) is 3.62. The van der Waals surface area contributed by atoms with Crippen LogP contribution < -0.4 is 5.32 Å². The lowest BCUT2D eigenvalue weighted by Crippen LogP contribution is -2.37. The van der Waals surface area contributed by atoms with Crippen LogP contribution in [0.3, 0.4) is 0 Å². The molecule has 2 rings (SSSR count). The molecule has 21 heavy (non-hydrogen) atoms. The zero-order valence-electron chi connectivity index (χ0n) is 13.1. The first-order valence-corrected chi connectivity index (χ1v) is 7.70. The number of hydrogen-bond acceptors (Lipinski definition) is 4. The Morgan fingerprint density at radius 3 is 2.81 bits per heavy atom. The van der Waals surface area contributed by atoms with Gasteiger partial charge in [-0.1, -0.05) is 6.07 Å². The van der Waals surface area contributed by atoms with Gasteiger partial charge in [0.1, 0.15) is 0 Å². The van der Waals surface area contributed by atoms with E-state index in [0.717, 1.165) is 25.2 Å². The second kappa shape index (κ2) is 8.10. The quantitative estimate of drug-likeness (QED) is 0.740. The third kappa shape index (κ3) is 6.23. The van der Waals surface area contributed by atoms with E-state index in [1.54, 1.807) is 6.20 Å². The summed E-state index contributed by atoms with van der Waals surface area (Å²) in [5, 5.41) is 3.40. The van der Waals surface area contributed by atoms with Gasteiger partial charge in [0.2, 0.25) is 5.91 Å². The molecule has 0 radical (unpaired) electrons. The molecule has 0 bridgehead atoms. The molecule has 0 unspecified atom stereocenters. The number of rotatable bonds is 9. The van der Waals surface area contributed by atoms with E-state index in [1.165, 1.54) is 12.8 Å². The zero-order chi connectivity index (χ0) is 15.1. The monoisotopic (exact) mass is 290 g/mol. The normalized spacial score (nSPS) is 14.4. The Balaban J connectivity index is 1.84. The number of hydrogen-bond donors (Lipinski definition) is 1. The number of amides is 1. The van der Waals surface area contributed by atoms with Gasteiger partial charge in [-0.2, -0.15) is 0 Å². The van der Waals surface area contributed by atoms with Crippen LogP contribution in [0.1, 0.15) is 24.8 Å². The van der Waals surface area contributed by atoms with Gasteiger partial charge in [0.25, 0.3) is 0 Å². The van der Waals surface area contributed by atoms with Gasteiger partial charge in [0.15, 0.2) is 0 Å². The van der Waals surface area contributed by atoms with Crippen molar-refractivity contribution in [3.8, 4) is 0 Å². The fourth-order valence-corrected chi connectivity index (χ4v) is 2.15. The van der Waals surface area contributed by atoms with Crippen molar-refractivity contribution in [2.75, 3.05) is 33.7 Å². The molecule has 5 nitrogen and oxygen atoms in total. The highest BCUT2D eigenvalue weighted by Crippen LogP contribution is 2.18. The minimum absolute atomic E-state index is 0.217. The van der Waals surface area contributed by atoms with Crippen molar-refractivity contribution in [2.45, 2.75) is 31.8 Å². The first kappa shape index (κ1) is 15.9. The van der Waals surface area contributed by atoms with Gasteiger partial charge < -0.3 is 15.1 Å². The molecule has 1 aromatic heterocycles. The lowest BCUT2D eigenvalue weighted by atomic mass is 10.2. The summed E-state index contributed by atoms with van der Waals surface area (Å²) in [6.45, 7) is 3.06. The molecule has 1 fully saturated rings. The Bertz CT molecular complexity index is 431. The molecular weight excluding hydrogens is 264 g/mol. The van der Waals surface area contributed by atoms with Gasteiger partial charge >= 0.3 is 0 Å². The van der Waals surface area contributed by atoms with Crippen LogP contribution in [0.5, 0.6) is 0 Å². The largest absolute Gasteiger partial charge is 0.337 e. The van der Waals surface area contributed by atoms with E-state index >= 15 is 0 Å². The van der Waals surface area contributed by atoms with Gasteiger partial charge in [0.05, 0.1) is 0 Å². The van der Waals surface area contributed by atoms with Gasteiger partial charge in [0, 0.05) is 51.0 Å². The zero-order valence-corrected chi connectivity index (χ0v) is 13.1. The summed E-state index contributed by atoms with van der Waals surface area (Å²) in [6.07, 6.45) is 6.68. The number of aromatic nitrogens is 1. The average Bonchev–Trinajstić information content (AvgIpc) is 3.28. The molecule has 0 saturated heterocycles. The Labute approximate surface area is 127 Å². The van der Waals surface area contributed by atoms with E-state index in [1.807, 2.05) is 37.3 Å². The van der Waals surface area contributed by atoms with Gasteiger partial charge in [-0.25, -0.2) is 0 Å². The number of carbonyl (C=O) groups is 1. The van der Waals surface area contributed by atoms with E-state index in [2.05, 4.69) is 15.2 Å². The minimum atomic E-state index is 0.217. The van der Waals surface area contributed by atoms with Gasteiger partial charge in [-0.3, -0.25) is 9.78 Å². The highest BCUT2D eigenvalue weighted by atomic mass is 16.2. The fourth-order valence-electron chi connectivity index (χ4n) is 2.15. The Morgan fingerprint density at radius 2 is 2.19 bits per heavy atom. The molecule has 1 heterocycles. The summed E-state index contributed by atoms with van der Waals surface area (Å²) >= 11 is 0. The molecule has 0 spiro atoms. The Morgan fingerprint density at radius 1 is 1.38 bits per heavy atom. The summed E-state index contributed by atoms with van der Waals surface area (Å²) < 4.78 is 0. The second-order valence-corrected chi connectivity index (χ2v) is 5.96. The Kier molecular flexibility index (Phi) is 6.14. The average molecular weight is 290 g/mol. The SMILES string of the molecule is CN(C)CCN(Cc1cccnc1)C(=O)CCNC1CC1. The molecule has 1 saturated carbocycles. The van der Waals surface area contributed by atoms with Crippen molar-refractivity contribution >= 4 is 5.91 Å². The second-order valence-electron chi connectivity index (χ2n) is 5.96. The highest BCUT2D eigenvalue weighted by Gasteiger charge is 2.21. The standard InChI is InChI=1S/C16H26N4O/c1-19(2)10-11-20(13-14-4-3-8-17-12-14)16(21)7-9-18-15-5-6-15/h3-4,8,12,15,18H,5-7,9-11,13H2,1-2H3. The molecule has 1 aliphatic carbocycles. The van der Waals surface area contributed by atoms with Gasteiger partial charge in [-0.05, 0) is 38.6 Å². The van der Waals surface area contributed by atoms with E-state index in [0.29, 0.717) is 19.0 Å². The molecule has 1 N–H and O–H groups in total. The summed E-state index contributed by atoms with van der Waals surface area (Å²) in [5.74, 6) is 0.217. The van der Waals surface area contributed by atoms with Crippen molar-refractivity contribution < 1.29 is 4.79 Å². The fraction of sp³-hybridized carbons (Fsp3) is 0.625. The van der Waals surface area contributed by atoms with E-state index in [-0.39, 0.29) is 5.91 Å². The van der Waals surface area contributed by atoms with Crippen LogP contribution in [-0.4, -0.2) is 60.5 Å². The lowest BCUT2D eigenvalue weighted by molar-refractivity contribution is -0.131. The molecule has 116 valence electrons. The molecule has 1 aromatic rings. The van der Waals surface area contributed by atoms with Crippen molar-refractivity contribution in [3.05, 3.63) is 30.1 Å². The smallest absolute Gasteiger partial charge is 0.224 e. The third-order valence-corrected chi connectivity index (χ3v) is 3.62. The molecule has 0 aromatic carbocycles. The highest BCUT2D eigenvalue weighted by molar-refractivity contribution is 5.76.